The Morgan fingerprint density at radius 1 is 1.03 bits per heavy atom. The number of fused-ring (bicyclic) bond motifs is 1. The van der Waals surface area contributed by atoms with E-state index < -0.39 is 18.4 Å². The first-order valence-corrected chi connectivity index (χ1v) is 12.3. The smallest absolute Gasteiger partial charge is 0.303 e. The highest BCUT2D eigenvalue weighted by Crippen LogP contribution is 2.46. The predicted molar refractivity (Wildman–Crippen MR) is 138 cm³/mol. The van der Waals surface area contributed by atoms with E-state index in [0.717, 1.165) is 27.7 Å². The number of rotatable bonds is 8. The maximum atomic E-state index is 13.7. The molecule has 3 unspecified atom stereocenters. The van der Waals surface area contributed by atoms with E-state index in [2.05, 4.69) is 4.98 Å². The standard InChI is InChI=1S/C30H28FNO5/c31-21-16-14-19(15-17-21)28-27(22-9-4-6-11-24(22)32-28)30-36-18-20(8-2-1-3-13-26(34)35)29(37-30)23-10-5-7-12-25(23)33/h1-2,4-7,9-12,14-17,20,29-30,32-33H,3,8,13,18H2,(H,34,35). The number of aromatic nitrogens is 1. The van der Waals surface area contributed by atoms with Crippen molar-refractivity contribution in [1.29, 1.82) is 0 Å². The minimum Gasteiger partial charge on any atom is -0.508 e. The number of allylic oxidation sites excluding steroid dienone is 2. The molecule has 37 heavy (non-hydrogen) atoms. The molecule has 2 heterocycles. The second kappa shape index (κ2) is 11.0. The molecule has 6 nitrogen and oxygen atoms in total. The van der Waals surface area contributed by atoms with E-state index in [1.807, 2.05) is 48.6 Å². The number of para-hydroxylation sites is 2. The first-order valence-electron chi connectivity index (χ1n) is 12.3. The zero-order valence-corrected chi connectivity index (χ0v) is 20.1. The van der Waals surface area contributed by atoms with E-state index in [0.29, 0.717) is 25.0 Å². The molecule has 4 aromatic rings. The number of nitrogens with one attached hydrogen (secondary N) is 1. The lowest BCUT2D eigenvalue weighted by molar-refractivity contribution is -0.243. The summed E-state index contributed by atoms with van der Waals surface area (Å²) < 4.78 is 26.5. The van der Waals surface area contributed by atoms with Gasteiger partial charge in [-0.25, -0.2) is 4.39 Å². The third-order valence-corrected chi connectivity index (χ3v) is 6.65. The number of phenols is 1. The largest absolute Gasteiger partial charge is 0.508 e. The van der Waals surface area contributed by atoms with Crippen LogP contribution < -0.4 is 0 Å². The Bertz CT molecular complexity index is 1410. The Balaban J connectivity index is 1.49. The topological polar surface area (TPSA) is 91.8 Å². The van der Waals surface area contributed by atoms with Gasteiger partial charge in [0.15, 0.2) is 6.29 Å². The summed E-state index contributed by atoms with van der Waals surface area (Å²) in [5.41, 5.74) is 3.99. The van der Waals surface area contributed by atoms with Crippen molar-refractivity contribution >= 4 is 16.9 Å². The third kappa shape index (κ3) is 5.43. The number of aromatic amines is 1. The number of carboxylic acid groups (broad SMARTS) is 1. The number of H-pyrrole nitrogens is 1. The van der Waals surface area contributed by atoms with Crippen LogP contribution in [0.15, 0.2) is 84.9 Å². The lowest BCUT2D eigenvalue weighted by Crippen LogP contribution is -2.30. The summed E-state index contributed by atoms with van der Waals surface area (Å²) in [6.07, 6.45) is 3.74. The van der Waals surface area contributed by atoms with Crippen LogP contribution in [0.2, 0.25) is 0 Å². The Morgan fingerprint density at radius 2 is 1.78 bits per heavy atom. The minimum atomic E-state index is -0.834. The Labute approximate surface area is 214 Å². The van der Waals surface area contributed by atoms with Gasteiger partial charge in [-0.3, -0.25) is 4.79 Å². The fraction of sp³-hybridized carbons (Fsp3) is 0.233. The fourth-order valence-electron chi connectivity index (χ4n) is 4.83. The highest BCUT2D eigenvalue weighted by Gasteiger charge is 2.36. The molecule has 0 bridgehead atoms. The van der Waals surface area contributed by atoms with Crippen molar-refractivity contribution in [1.82, 2.24) is 4.98 Å². The van der Waals surface area contributed by atoms with Crippen LogP contribution in [0.1, 0.15) is 42.8 Å². The van der Waals surface area contributed by atoms with Crippen LogP contribution in [0.3, 0.4) is 0 Å². The summed E-state index contributed by atoms with van der Waals surface area (Å²) in [4.78, 5) is 14.2. The van der Waals surface area contributed by atoms with Crippen LogP contribution in [0.25, 0.3) is 22.2 Å². The second-order valence-electron chi connectivity index (χ2n) is 9.15. The molecule has 190 valence electrons. The maximum absolute atomic E-state index is 13.7. The fourth-order valence-corrected chi connectivity index (χ4v) is 4.83. The molecule has 5 rings (SSSR count). The monoisotopic (exact) mass is 501 g/mol. The molecule has 1 aliphatic heterocycles. The zero-order valence-electron chi connectivity index (χ0n) is 20.1. The van der Waals surface area contributed by atoms with E-state index in [1.165, 1.54) is 12.1 Å². The summed E-state index contributed by atoms with van der Waals surface area (Å²) in [5.74, 6) is -1.10. The lowest BCUT2D eigenvalue weighted by Gasteiger charge is -2.37. The van der Waals surface area contributed by atoms with E-state index in [1.54, 1.807) is 24.3 Å². The number of benzene rings is 3. The van der Waals surface area contributed by atoms with Crippen molar-refractivity contribution in [3.63, 3.8) is 0 Å². The number of aromatic hydroxyl groups is 1. The van der Waals surface area contributed by atoms with Crippen molar-refractivity contribution in [2.24, 2.45) is 5.92 Å². The Hall–Kier alpha value is -3.94. The van der Waals surface area contributed by atoms with Crippen LogP contribution in [0.4, 0.5) is 4.39 Å². The minimum absolute atomic E-state index is 0.0753. The van der Waals surface area contributed by atoms with Crippen molar-refractivity contribution in [3.05, 3.63) is 102 Å². The van der Waals surface area contributed by atoms with E-state index in [9.17, 15) is 14.3 Å². The first-order chi connectivity index (χ1) is 18.0. The molecule has 1 aliphatic rings. The van der Waals surface area contributed by atoms with Crippen LogP contribution in [-0.4, -0.2) is 27.8 Å². The average Bonchev–Trinajstić information content (AvgIpc) is 3.29. The molecule has 1 saturated heterocycles. The molecule has 0 spiro atoms. The Kier molecular flexibility index (Phi) is 7.35. The number of halogens is 1. The van der Waals surface area contributed by atoms with Gasteiger partial charge in [0, 0.05) is 34.4 Å². The molecular weight excluding hydrogens is 473 g/mol. The molecule has 0 radical (unpaired) electrons. The molecule has 0 amide bonds. The predicted octanol–water partition coefficient (Wildman–Crippen LogP) is 6.89. The van der Waals surface area contributed by atoms with Crippen LogP contribution in [-0.2, 0) is 14.3 Å². The quantitative estimate of drug-likeness (QED) is 0.229. The molecule has 1 fully saturated rings. The number of hydrogen-bond donors (Lipinski definition) is 3. The molecule has 0 saturated carbocycles. The Morgan fingerprint density at radius 3 is 2.57 bits per heavy atom. The van der Waals surface area contributed by atoms with Crippen molar-refractivity contribution in [2.45, 2.75) is 31.7 Å². The van der Waals surface area contributed by atoms with Gasteiger partial charge in [-0.15, -0.1) is 0 Å². The van der Waals surface area contributed by atoms with Gasteiger partial charge in [-0.05, 0) is 54.8 Å². The SMILES string of the molecule is O=C(O)CCC=CCC1COC(c2c(-c3ccc(F)cc3)[nH]c3ccccc23)OC1c1ccccc1O. The first kappa shape index (κ1) is 24.7. The highest BCUT2D eigenvalue weighted by atomic mass is 19.1. The summed E-state index contributed by atoms with van der Waals surface area (Å²) in [7, 11) is 0. The number of aliphatic carboxylic acids is 1. The van der Waals surface area contributed by atoms with Gasteiger partial charge in [0.25, 0.3) is 0 Å². The van der Waals surface area contributed by atoms with Gasteiger partial charge in [-0.1, -0.05) is 48.6 Å². The number of carboxylic acids is 1. The molecule has 7 heteroatoms. The van der Waals surface area contributed by atoms with Crippen molar-refractivity contribution in [2.75, 3.05) is 6.61 Å². The van der Waals surface area contributed by atoms with Crippen molar-refractivity contribution < 1.29 is 28.9 Å². The molecule has 3 atom stereocenters. The normalized spacial score (nSPS) is 20.0. The second-order valence-corrected chi connectivity index (χ2v) is 9.15. The number of ether oxygens (including phenoxy) is 2. The van der Waals surface area contributed by atoms with E-state index >= 15 is 0 Å². The summed E-state index contributed by atoms with van der Waals surface area (Å²) >= 11 is 0. The lowest BCUT2D eigenvalue weighted by atomic mass is 9.91. The number of phenolic OH excluding ortho intramolecular Hbond substituents is 1. The van der Waals surface area contributed by atoms with Crippen LogP contribution in [0, 0.1) is 11.7 Å². The van der Waals surface area contributed by atoms with Gasteiger partial charge in [0.05, 0.1) is 18.4 Å². The van der Waals surface area contributed by atoms with Gasteiger partial charge >= 0.3 is 5.97 Å². The number of hydrogen-bond acceptors (Lipinski definition) is 4. The third-order valence-electron chi connectivity index (χ3n) is 6.65. The molecule has 3 N–H and O–H groups in total. The summed E-state index contributed by atoms with van der Waals surface area (Å²) in [6.45, 7) is 0.370. The van der Waals surface area contributed by atoms with Gasteiger partial charge < -0.3 is 24.7 Å². The van der Waals surface area contributed by atoms with E-state index in [4.69, 9.17) is 14.6 Å². The molecular formula is C30H28FNO5. The van der Waals surface area contributed by atoms with E-state index in [-0.39, 0.29) is 23.9 Å². The summed E-state index contributed by atoms with van der Waals surface area (Å²) in [6, 6.07) is 21.2. The number of carbonyl (C=O) groups is 1. The zero-order chi connectivity index (χ0) is 25.8. The van der Waals surface area contributed by atoms with Crippen LogP contribution in [0.5, 0.6) is 5.75 Å². The summed E-state index contributed by atoms with van der Waals surface area (Å²) in [5, 5.41) is 20.5. The van der Waals surface area contributed by atoms with Crippen molar-refractivity contribution in [3.8, 4) is 17.0 Å². The van der Waals surface area contributed by atoms with Crippen LogP contribution >= 0.6 is 0 Å². The molecule has 3 aromatic carbocycles. The maximum Gasteiger partial charge on any atom is 0.303 e. The average molecular weight is 502 g/mol. The van der Waals surface area contributed by atoms with Gasteiger partial charge in [0.1, 0.15) is 11.6 Å². The molecule has 0 aliphatic carbocycles. The highest BCUT2D eigenvalue weighted by molar-refractivity contribution is 5.91. The molecule has 1 aromatic heterocycles. The van der Waals surface area contributed by atoms with Gasteiger partial charge in [0.2, 0.25) is 0 Å². The van der Waals surface area contributed by atoms with Gasteiger partial charge in [-0.2, -0.15) is 0 Å².